The number of piperidine rings is 1. The van der Waals surface area contributed by atoms with Gasteiger partial charge < -0.3 is 24.4 Å². The second-order valence-corrected chi connectivity index (χ2v) is 8.05. The van der Waals surface area contributed by atoms with Crippen LogP contribution in [-0.4, -0.2) is 55.1 Å². The van der Waals surface area contributed by atoms with Gasteiger partial charge in [-0.05, 0) is 69.5 Å². The van der Waals surface area contributed by atoms with Crippen LogP contribution in [0.4, 0.5) is 5.69 Å². The number of nitrogens with one attached hydrogen (secondary N) is 1. The third kappa shape index (κ3) is 7.21. The van der Waals surface area contributed by atoms with Crippen molar-refractivity contribution < 1.29 is 28.6 Å². The summed E-state index contributed by atoms with van der Waals surface area (Å²) < 4.78 is 16.6. The van der Waals surface area contributed by atoms with E-state index in [2.05, 4.69) is 5.32 Å². The Balaban J connectivity index is 1.61. The number of esters is 1. The van der Waals surface area contributed by atoms with Gasteiger partial charge in [0.15, 0.2) is 24.2 Å². The molecule has 1 fully saturated rings. The number of hydrogen-bond donors (Lipinski definition) is 1. The van der Waals surface area contributed by atoms with E-state index in [-0.39, 0.29) is 18.1 Å². The molecule has 2 aromatic carbocycles. The summed E-state index contributed by atoms with van der Waals surface area (Å²) in [6.07, 6.45) is 2.04. The number of amides is 2. The molecule has 1 atom stereocenters. The number of likely N-dealkylation sites (tertiary alicyclic amines) is 1. The molecule has 0 bridgehead atoms. The van der Waals surface area contributed by atoms with Crippen molar-refractivity contribution in [3.8, 4) is 17.6 Å². The Hall–Kier alpha value is -4.06. The molecule has 0 aliphatic carbocycles. The SMILES string of the molecule is CCOc1cc(C(=O)OC(C)C(=O)Nc2cccc(C#N)c2)ccc1OCC(=O)N1CCCCC1. The number of anilines is 1. The van der Waals surface area contributed by atoms with Crippen LogP contribution in [0.3, 0.4) is 0 Å². The van der Waals surface area contributed by atoms with Crippen molar-refractivity contribution in [2.75, 3.05) is 31.6 Å². The molecule has 184 valence electrons. The van der Waals surface area contributed by atoms with E-state index in [1.807, 2.05) is 6.07 Å². The van der Waals surface area contributed by atoms with Gasteiger partial charge in [0.25, 0.3) is 11.8 Å². The van der Waals surface area contributed by atoms with Crippen molar-refractivity contribution in [2.45, 2.75) is 39.2 Å². The van der Waals surface area contributed by atoms with Crippen LogP contribution in [0.15, 0.2) is 42.5 Å². The summed E-state index contributed by atoms with van der Waals surface area (Å²) in [5.74, 6) is -0.684. The first-order valence-corrected chi connectivity index (χ1v) is 11.6. The van der Waals surface area contributed by atoms with Gasteiger partial charge in [0.2, 0.25) is 0 Å². The Morgan fingerprint density at radius 3 is 2.54 bits per heavy atom. The number of rotatable bonds is 9. The smallest absolute Gasteiger partial charge is 0.339 e. The minimum Gasteiger partial charge on any atom is -0.490 e. The van der Waals surface area contributed by atoms with Crippen molar-refractivity contribution in [1.29, 1.82) is 5.26 Å². The van der Waals surface area contributed by atoms with E-state index < -0.39 is 18.0 Å². The largest absolute Gasteiger partial charge is 0.490 e. The fraction of sp³-hybridized carbons (Fsp3) is 0.385. The lowest BCUT2D eigenvalue weighted by molar-refractivity contribution is -0.134. The molecule has 3 rings (SSSR count). The fourth-order valence-corrected chi connectivity index (χ4v) is 3.59. The van der Waals surface area contributed by atoms with Crippen molar-refractivity contribution >= 4 is 23.5 Å². The minimum atomic E-state index is -1.08. The van der Waals surface area contributed by atoms with E-state index in [1.54, 1.807) is 36.1 Å². The molecule has 9 heteroatoms. The molecule has 1 unspecified atom stereocenters. The molecule has 0 saturated carbocycles. The van der Waals surface area contributed by atoms with Crippen LogP contribution in [0, 0.1) is 11.3 Å². The molecule has 1 heterocycles. The van der Waals surface area contributed by atoms with Gasteiger partial charge in [-0.25, -0.2) is 4.79 Å². The zero-order chi connectivity index (χ0) is 25.2. The third-order valence-electron chi connectivity index (χ3n) is 5.45. The molecule has 2 aromatic rings. The topological polar surface area (TPSA) is 118 Å². The molecule has 2 amide bonds. The number of nitriles is 1. The fourth-order valence-electron chi connectivity index (χ4n) is 3.59. The van der Waals surface area contributed by atoms with Gasteiger partial charge in [-0.1, -0.05) is 6.07 Å². The zero-order valence-electron chi connectivity index (χ0n) is 19.9. The summed E-state index contributed by atoms with van der Waals surface area (Å²) in [5, 5.41) is 11.6. The van der Waals surface area contributed by atoms with Gasteiger partial charge in [0.05, 0.1) is 23.8 Å². The molecule has 1 aliphatic heterocycles. The highest BCUT2D eigenvalue weighted by atomic mass is 16.5. The first kappa shape index (κ1) is 25.6. The zero-order valence-corrected chi connectivity index (χ0v) is 19.9. The first-order valence-electron chi connectivity index (χ1n) is 11.6. The quantitative estimate of drug-likeness (QED) is 0.547. The van der Waals surface area contributed by atoms with Gasteiger partial charge in [-0.2, -0.15) is 5.26 Å². The van der Waals surface area contributed by atoms with Crippen LogP contribution in [0.2, 0.25) is 0 Å². The summed E-state index contributed by atoms with van der Waals surface area (Å²) in [6, 6.07) is 12.9. The Morgan fingerprint density at radius 2 is 1.83 bits per heavy atom. The van der Waals surface area contributed by atoms with Crippen LogP contribution in [-0.2, 0) is 14.3 Å². The number of carbonyl (C=O) groups excluding carboxylic acids is 3. The summed E-state index contributed by atoms with van der Waals surface area (Å²) in [6.45, 7) is 4.93. The first-order chi connectivity index (χ1) is 16.9. The molecule has 1 aliphatic rings. The highest BCUT2D eigenvalue weighted by Crippen LogP contribution is 2.29. The Kier molecular flexibility index (Phi) is 9.07. The predicted molar refractivity (Wildman–Crippen MR) is 128 cm³/mol. The molecule has 35 heavy (non-hydrogen) atoms. The summed E-state index contributed by atoms with van der Waals surface area (Å²) in [5.41, 5.74) is 1.00. The van der Waals surface area contributed by atoms with Gasteiger partial charge in [0.1, 0.15) is 0 Å². The van der Waals surface area contributed by atoms with E-state index >= 15 is 0 Å². The Morgan fingerprint density at radius 1 is 1.06 bits per heavy atom. The molecule has 9 nitrogen and oxygen atoms in total. The summed E-state index contributed by atoms with van der Waals surface area (Å²) in [4.78, 5) is 39.3. The molecular formula is C26H29N3O6. The maximum Gasteiger partial charge on any atom is 0.339 e. The Bertz CT molecular complexity index is 1100. The van der Waals surface area contributed by atoms with Gasteiger partial charge in [0, 0.05) is 18.8 Å². The van der Waals surface area contributed by atoms with E-state index in [9.17, 15) is 14.4 Å². The van der Waals surface area contributed by atoms with Crippen molar-refractivity contribution in [3.05, 3.63) is 53.6 Å². The molecule has 1 N–H and O–H groups in total. The second-order valence-electron chi connectivity index (χ2n) is 8.05. The average Bonchev–Trinajstić information content (AvgIpc) is 2.88. The Labute approximate surface area is 204 Å². The lowest BCUT2D eigenvalue weighted by atomic mass is 10.1. The van der Waals surface area contributed by atoms with Crippen LogP contribution in [0.1, 0.15) is 49.0 Å². The highest BCUT2D eigenvalue weighted by Gasteiger charge is 2.22. The summed E-state index contributed by atoms with van der Waals surface area (Å²) in [7, 11) is 0. The standard InChI is InChI=1S/C26H29N3O6/c1-3-33-23-15-20(10-11-22(23)34-17-24(30)29-12-5-4-6-13-29)26(32)35-18(2)25(31)28-21-9-7-8-19(14-21)16-27/h7-11,14-15,18H,3-6,12-13,17H2,1-2H3,(H,28,31). The monoisotopic (exact) mass is 479 g/mol. The molecule has 0 radical (unpaired) electrons. The molecular weight excluding hydrogens is 450 g/mol. The maximum atomic E-state index is 12.7. The lowest BCUT2D eigenvalue weighted by Gasteiger charge is -2.26. The van der Waals surface area contributed by atoms with Crippen molar-refractivity contribution in [3.63, 3.8) is 0 Å². The summed E-state index contributed by atoms with van der Waals surface area (Å²) >= 11 is 0. The molecule has 1 saturated heterocycles. The number of hydrogen-bond acceptors (Lipinski definition) is 7. The third-order valence-corrected chi connectivity index (χ3v) is 5.45. The van der Waals surface area contributed by atoms with Gasteiger partial charge >= 0.3 is 5.97 Å². The second kappa shape index (κ2) is 12.4. The molecule has 0 spiro atoms. The number of carbonyl (C=O) groups is 3. The van der Waals surface area contributed by atoms with Crippen LogP contribution >= 0.6 is 0 Å². The van der Waals surface area contributed by atoms with E-state index in [4.69, 9.17) is 19.5 Å². The highest BCUT2D eigenvalue weighted by molar-refractivity contribution is 5.97. The van der Waals surface area contributed by atoms with Gasteiger partial charge in [-0.15, -0.1) is 0 Å². The minimum absolute atomic E-state index is 0.0872. The van der Waals surface area contributed by atoms with Crippen LogP contribution in [0.25, 0.3) is 0 Å². The number of ether oxygens (including phenoxy) is 3. The van der Waals surface area contributed by atoms with Crippen molar-refractivity contribution in [2.24, 2.45) is 0 Å². The van der Waals surface area contributed by atoms with Crippen LogP contribution < -0.4 is 14.8 Å². The van der Waals surface area contributed by atoms with Crippen LogP contribution in [0.5, 0.6) is 11.5 Å². The lowest BCUT2D eigenvalue weighted by Crippen LogP contribution is -2.38. The van der Waals surface area contributed by atoms with E-state index in [0.717, 1.165) is 32.4 Å². The normalized spacial score (nSPS) is 13.8. The average molecular weight is 480 g/mol. The predicted octanol–water partition coefficient (Wildman–Crippen LogP) is 3.53. The maximum absolute atomic E-state index is 12.7. The number of benzene rings is 2. The van der Waals surface area contributed by atoms with E-state index in [0.29, 0.717) is 29.4 Å². The van der Waals surface area contributed by atoms with Gasteiger partial charge in [-0.3, -0.25) is 9.59 Å². The molecule has 0 aromatic heterocycles. The number of nitrogens with zero attached hydrogens (tertiary/aromatic N) is 2. The van der Waals surface area contributed by atoms with E-state index in [1.165, 1.54) is 25.1 Å². The van der Waals surface area contributed by atoms with Crippen molar-refractivity contribution in [1.82, 2.24) is 4.90 Å².